The van der Waals surface area contributed by atoms with Crippen molar-refractivity contribution in [3.63, 3.8) is 0 Å². The van der Waals surface area contributed by atoms with Gasteiger partial charge in [0.1, 0.15) is 0 Å². The number of carbonyl (C=O) groups excluding carboxylic acids is 6. The van der Waals surface area contributed by atoms with Crippen molar-refractivity contribution in [3.8, 4) is 0 Å². The molecule has 0 saturated carbocycles. The molecule has 2 saturated heterocycles. The van der Waals surface area contributed by atoms with E-state index in [1.165, 1.54) is 0 Å². The van der Waals surface area contributed by atoms with Gasteiger partial charge in [0.15, 0.2) is 0 Å². The number of hydrogen-bond donors (Lipinski definition) is 0. The Hall–Kier alpha value is -2.04. The predicted octanol–water partition coefficient (Wildman–Crippen LogP) is -0.147. The van der Waals surface area contributed by atoms with Crippen molar-refractivity contribution in [2.24, 2.45) is 0 Å². The Labute approximate surface area is 142 Å². The van der Waals surface area contributed by atoms with E-state index in [1.54, 1.807) is 0 Å². The molecule has 0 bridgehead atoms. The molecule has 2 fully saturated rings. The topological polar surface area (TPSA) is 185 Å². The van der Waals surface area contributed by atoms with E-state index in [0.29, 0.717) is 0 Å². The quantitative estimate of drug-likeness (QED) is 0.255. The first kappa shape index (κ1) is 17.3. The summed E-state index contributed by atoms with van der Waals surface area (Å²) in [7, 11) is 0. The molecule has 2 heterocycles. The monoisotopic (exact) mass is 542 g/mol. The van der Waals surface area contributed by atoms with Crippen molar-refractivity contribution in [1.29, 1.82) is 0 Å². The SMILES string of the molecule is O=C1OC(=O)[O][In]([O]C(=O)OC(=O)[O][In]2[O]C(=O)OC(=O)[O]2)[O]1. The van der Waals surface area contributed by atoms with Gasteiger partial charge in [0, 0.05) is 0 Å². The van der Waals surface area contributed by atoms with E-state index in [4.69, 9.17) is 0 Å². The summed E-state index contributed by atoms with van der Waals surface area (Å²) in [4.78, 5) is 65.1. The molecule has 0 radical (unpaired) electrons. The summed E-state index contributed by atoms with van der Waals surface area (Å²) in [5.41, 5.74) is 0. The van der Waals surface area contributed by atoms with Crippen LogP contribution in [-0.2, 0) is 31.3 Å². The third-order valence-corrected chi connectivity index (χ3v) is 8.25. The summed E-state index contributed by atoms with van der Waals surface area (Å²) >= 11 is -8.69. The number of ether oxygens (including phenoxy) is 3. The second-order valence-corrected chi connectivity index (χ2v) is 10.4. The third-order valence-electron chi connectivity index (χ3n) is 1.65. The normalized spacial score (nSPS) is 16.7. The number of carbonyl (C=O) groups is 6. The molecule has 0 spiro atoms. The van der Waals surface area contributed by atoms with Gasteiger partial charge in [-0.25, -0.2) is 0 Å². The van der Waals surface area contributed by atoms with E-state index in [0.717, 1.165) is 0 Å². The van der Waals surface area contributed by atoms with Crippen molar-refractivity contribution in [3.05, 3.63) is 0 Å². The fourth-order valence-electron chi connectivity index (χ4n) is 0.964. The van der Waals surface area contributed by atoms with Crippen molar-refractivity contribution < 1.29 is 60.1 Å². The van der Waals surface area contributed by atoms with E-state index in [-0.39, 0.29) is 0 Å². The van der Waals surface area contributed by atoms with Gasteiger partial charge in [-0.1, -0.05) is 0 Å². The van der Waals surface area contributed by atoms with Crippen LogP contribution in [0.25, 0.3) is 0 Å². The molecule has 0 unspecified atom stereocenters. The maximum absolute atomic E-state index is 11.2. The van der Waals surface area contributed by atoms with Gasteiger partial charge < -0.3 is 0 Å². The Morgan fingerprint density at radius 3 is 1.26 bits per heavy atom. The second kappa shape index (κ2) is 7.49. The van der Waals surface area contributed by atoms with Crippen LogP contribution < -0.4 is 0 Å². The molecule has 0 aromatic rings. The van der Waals surface area contributed by atoms with E-state index in [2.05, 4.69) is 31.3 Å². The van der Waals surface area contributed by atoms with Gasteiger partial charge in [-0.3, -0.25) is 0 Å². The Bertz CT molecular complexity index is 501. The van der Waals surface area contributed by atoms with Crippen LogP contribution in [0.4, 0.5) is 28.8 Å². The Kier molecular flexibility index (Phi) is 5.64. The third kappa shape index (κ3) is 5.58. The summed E-state index contributed by atoms with van der Waals surface area (Å²) in [6.07, 6.45) is -9.20. The van der Waals surface area contributed by atoms with Crippen molar-refractivity contribution >= 4 is 82.4 Å². The fraction of sp³-hybridized carbons (Fsp3) is 0. The first-order chi connectivity index (χ1) is 10.8. The van der Waals surface area contributed by atoms with Gasteiger partial charge in [0.05, 0.1) is 0 Å². The summed E-state index contributed by atoms with van der Waals surface area (Å²) in [5.74, 6) is 0. The summed E-state index contributed by atoms with van der Waals surface area (Å²) in [5, 5.41) is 0. The predicted molar refractivity (Wildman–Crippen MR) is 53.6 cm³/mol. The molecular weight excluding hydrogens is 542 g/mol. The van der Waals surface area contributed by atoms with E-state index in [1.807, 2.05) is 0 Å². The molecule has 120 valence electrons. The first-order valence-corrected chi connectivity index (χ1v) is 13.2. The van der Waals surface area contributed by atoms with E-state index >= 15 is 0 Å². The van der Waals surface area contributed by atoms with Crippen LogP contribution in [0.2, 0.25) is 0 Å². The summed E-state index contributed by atoms with van der Waals surface area (Å²) < 4.78 is 37.2. The van der Waals surface area contributed by atoms with E-state index in [9.17, 15) is 28.8 Å². The molecule has 15 nitrogen and oxygen atoms in total. The van der Waals surface area contributed by atoms with Gasteiger partial charge in [-0.2, -0.15) is 0 Å². The van der Waals surface area contributed by atoms with Gasteiger partial charge in [-0.05, 0) is 0 Å². The molecule has 0 N–H and O–H groups in total. The van der Waals surface area contributed by atoms with Crippen LogP contribution in [0.15, 0.2) is 0 Å². The molecule has 0 aliphatic carbocycles. The van der Waals surface area contributed by atoms with E-state index < -0.39 is 82.4 Å². The van der Waals surface area contributed by atoms with Crippen LogP contribution in [-0.4, -0.2) is 82.4 Å². The van der Waals surface area contributed by atoms with Crippen molar-refractivity contribution in [2.75, 3.05) is 0 Å². The van der Waals surface area contributed by atoms with Crippen LogP contribution in [0.3, 0.4) is 0 Å². The van der Waals surface area contributed by atoms with Gasteiger partial charge in [0.2, 0.25) is 0 Å². The van der Waals surface area contributed by atoms with Gasteiger partial charge in [-0.15, -0.1) is 0 Å². The molecule has 0 aromatic carbocycles. The average molecular weight is 542 g/mol. The average Bonchev–Trinajstić information content (AvgIpc) is 2.34. The van der Waals surface area contributed by atoms with Crippen LogP contribution in [0.1, 0.15) is 0 Å². The van der Waals surface area contributed by atoms with Crippen LogP contribution >= 0.6 is 0 Å². The van der Waals surface area contributed by atoms with Gasteiger partial charge >= 0.3 is 143 Å². The summed E-state index contributed by atoms with van der Waals surface area (Å²) in [6.45, 7) is 0. The molecule has 2 rings (SSSR count). The fourth-order valence-corrected chi connectivity index (χ4v) is 5.30. The van der Waals surface area contributed by atoms with Crippen molar-refractivity contribution in [2.45, 2.75) is 0 Å². The zero-order valence-corrected chi connectivity index (χ0v) is 16.9. The maximum atomic E-state index is 11.2. The van der Waals surface area contributed by atoms with Gasteiger partial charge in [0.25, 0.3) is 0 Å². The Balaban J connectivity index is 1.77. The van der Waals surface area contributed by atoms with Crippen LogP contribution in [0.5, 0.6) is 0 Å². The molecule has 0 aromatic heterocycles. The number of cyclic esters (lactones) is 4. The minimum absolute atomic E-state index is 1.44. The number of rotatable bonds is 2. The van der Waals surface area contributed by atoms with Crippen LogP contribution in [0, 0.1) is 0 Å². The molecule has 0 amide bonds. The zero-order valence-electron chi connectivity index (χ0n) is 10.3. The Morgan fingerprint density at radius 2 is 0.957 bits per heavy atom. The zero-order chi connectivity index (χ0) is 17.0. The first-order valence-electron chi connectivity index (χ1n) is 5.09. The number of hydrogen-bond acceptors (Lipinski definition) is 15. The molecular formula is C6In2O15. The molecule has 17 heteroatoms. The Morgan fingerprint density at radius 1 is 0.652 bits per heavy atom. The minimum atomic E-state index is -4.34. The molecule has 2 aliphatic rings. The molecule has 23 heavy (non-hydrogen) atoms. The second-order valence-electron chi connectivity index (χ2n) is 3.09. The standard InChI is InChI=1S/3C2H2O5.2In/c3*3-1(4)7-2(5)6;;/h3*(H,3,4)(H,5,6);;/q;;;2*+3/p-6. The summed E-state index contributed by atoms with van der Waals surface area (Å²) in [6, 6.07) is 0. The molecule has 0 atom stereocenters. The molecule has 2 aliphatic heterocycles. The van der Waals surface area contributed by atoms with Crippen molar-refractivity contribution in [1.82, 2.24) is 0 Å².